The first-order valence-corrected chi connectivity index (χ1v) is 4.01. The minimum absolute atomic E-state index is 0.110. The molecule has 0 aliphatic carbocycles. The lowest BCUT2D eigenvalue weighted by Gasteiger charge is -2.15. The molecule has 0 aliphatic heterocycles. The van der Waals surface area contributed by atoms with Crippen molar-refractivity contribution < 1.29 is 9.47 Å². The van der Waals surface area contributed by atoms with Crippen LogP contribution in [0.15, 0.2) is 0 Å². The van der Waals surface area contributed by atoms with E-state index in [0.29, 0.717) is 19.8 Å². The maximum absolute atomic E-state index is 5.27. The van der Waals surface area contributed by atoms with Crippen molar-refractivity contribution in [2.75, 3.05) is 19.8 Å². The number of nitrogens with one attached hydrogen (secondary N) is 1. The lowest BCUT2D eigenvalue weighted by Crippen LogP contribution is -2.28. The van der Waals surface area contributed by atoms with E-state index in [1.165, 1.54) is 0 Å². The quantitative estimate of drug-likeness (QED) is 0.320. The first-order chi connectivity index (χ1) is 5.35. The molecule has 0 radical (unpaired) electrons. The van der Waals surface area contributed by atoms with E-state index in [1.54, 1.807) is 0 Å². The van der Waals surface area contributed by atoms with Crippen LogP contribution in [0.2, 0.25) is 0 Å². The van der Waals surface area contributed by atoms with Crippen LogP contribution in [0.4, 0.5) is 0 Å². The summed E-state index contributed by atoms with van der Waals surface area (Å²) in [5.74, 6) is 5.11. The van der Waals surface area contributed by atoms with Crippen molar-refractivity contribution in [1.29, 1.82) is 0 Å². The van der Waals surface area contributed by atoms with E-state index in [9.17, 15) is 0 Å². The van der Waals surface area contributed by atoms with Crippen molar-refractivity contribution in [3.63, 3.8) is 0 Å². The van der Waals surface area contributed by atoms with E-state index in [-0.39, 0.29) is 6.29 Å². The molecule has 0 aromatic carbocycles. The van der Waals surface area contributed by atoms with Crippen LogP contribution in [0, 0.1) is 0 Å². The number of hydrogen-bond donors (Lipinski definition) is 2. The fraction of sp³-hybridized carbons (Fsp3) is 1.00. The highest BCUT2D eigenvalue weighted by atomic mass is 16.7. The molecule has 0 heterocycles. The van der Waals surface area contributed by atoms with E-state index >= 15 is 0 Å². The topological polar surface area (TPSA) is 56.5 Å². The van der Waals surface area contributed by atoms with E-state index in [0.717, 1.165) is 6.42 Å². The van der Waals surface area contributed by atoms with Crippen LogP contribution < -0.4 is 11.3 Å². The maximum atomic E-state index is 5.27. The monoisotopic (exact) mass is 162 g/mol. The molecule has 0 unspecified atom stereocenters. The molecular formula is C7H18N2O2. The molecule has 0 bridgehead atoms. The average molecular weight is 162 g/mol. The van der Waals surface area contributed by atoms with Crippen LogP contribution in [0.1, 0.15) is 20.3 Å². The van der Waals surface area contributed by atoms with Gasteiger partial charge in [0.25, 0.3) is 0 Å². The zero-order valence-electron chi connectivity index (χ0n) is 7.30. The molecular weight excluding hydrogens is 144 g/mol. The Morgan fingerprint density at radius 2 is 1.82 bits per heavy atom. The highest BCUT2D eigenvalue weighted by Crippen LogP contribution is 1.98. The maximum Gasteiger partial charge on any atom is 0.158 e. The van der Waals surface area contributed by atoms with Gasteiger partial charge in [0.2, 0.25) is 0 Å². The first kappa shape index (κ1) is 10.8. The Hall–Kier alpha value is -0.160. The summed E-state index contributed by atoms with van der Waals surface area (Å²) < 4.78 is 10.5. The summed E-state index contributed by atoms with van der Waals surface area (Å²) in [7, 11) is 0. The Balaban J connectivity index is 3.34. The minimum Gasteiger partial charge on any atom is -0.353 e. The van der Waals surface area contributed by atoms with Crippen molar-refractivity contribution in [3.05, 3.63) is 0 Å². The molecule has 0 amide bonds. The lowest BCUT2D eigenvalue weighted by molar-refractivity contribution is -0.138. The first-order valence-electron chi connectivity index (χ1n) is 4.01. The number of rotatable bonds is 7. The summed E-state index contributed by atoms with van der Waals surface area (Å²) in [6, 6.07) is 0. The highest BCUT2D eigenvalue weighted by Gasteiger charge is 2.05. The summed E-state index contributed by atoms with van der Waals surface area (Å²) in [6.45, 7) is 5.96. The molecule has 0 rings (SSSR count). The molecule has 0 saturated heterocycles. The average Bonchev–Trinajstić information content (AvgIpc) is 2.01. The summed E-state index contributed by atoms with van der Waals surface area (Å²) in [6.07, 6.45) is 0.680. The van der Waals surface area contributed by atoms with E-state index in [1.807, 2.05) is 13.8 Å². The van der Waals surface area contributed by atoms with Gasteiger partial charge in [0.15, 0.2) is 6.29 Å². The molecule has 0 atom stereocenters. The lowest BCUT2D eigenvalue weighted by atomic mass is 10.4. The molecule has 3 N–H and O–H groups in total. The van der Waals surface area contributed by atoms with Crippen LogP contribution in [0.3, 0.4) is 0 Å². The third-order valence-electron chi connectivity index (χ3n) is 1.23. The number of hydrazine groups is 1. The van der Waals surface area contributed by atoms with Gasteiger partial charge in [-0.05, 0) is 13.8 Å². The predicted octanol–water partition coefficient (Wildman–Crippen LogP) is 0.239. The van der Waals surface area contributed by atoms with Crippen LogP contribution in [0.25, 0.3) is 0 Å². The van der Waals surface area contributed by atoms with Crippen LogP contribution in [-0.4, -0.2) is 26.0 Å². The van der Waals surface area contributed by atoms with Gasteiger partial charge in [-0.3, -0.25) is 11.3 Å². The van der Waals surface area contributed by atoms with Gasteiger partial charge in [0, 0.05) is 26.2 Å². The second-order valence-corrected chi connectivity index (χ2v) is 2.08. The second kappa shape index (κ2) is 7.94. The molecule has 4 nitrogen and oxygen atoms in total. The third-order valence-corrected chi connectivity index (χ3v) is 1.23. The smallest absolute Gasteiger partial charge is 0.158 e. The van der Waals surface area contributed by atoms with Gasteiger partial charge < -0.3 is 9.47 Å². The highest BCUT2D eigenvalue weighted by molar-refractivity contribution is 4.46. The third kappa shape index (κ3) is 6.25. The molecule has 0 aromatic heterocycles. The fourth-order valence-electron chi connectivity index (χ4n) is 0.788. The van der Waals surface area contributed by atoms with Crippen LogP contribution in [0.5, 0.6) is 0 Å². The van der Waals surface area contributed by atoms with Crippen molar-refractivity contribution in [3.8, 4) is 0 Å². The molecule has 4 heteroatoms. The standard InChI is InChI=1S/C7H18N2O2/c1-3-10-7(11-4-2)5-6-9-8/h7,9H,3-6,8H2,1-2H3. The van der Waals surface area contributed by atoms with Crippen molar-refractivity contribution in [2.45, 2.75) is 26.6 Å². The Kier molecular flexibility index (Phi) is 7.83. The van der Waals surface area contributed by atoms with Gasteiger partial charge in [-0.15, -0.1) is 0 Å². The van der Waals surface area contributed by atoms with Gasteiger partial charge in [0.05, 0.1) is 0 Å². The molecule has 11 heavy (non-hydrogen) atoms. The van der Waals surface area contributed by atoms with Crippen LogP contribution >= 0.6 is 0 Å². The van der Waals surface area contributed by atoms with Crippen molar-refractivity contribution in [2.24, 2.45) is 5.84 Å². The minimum atomic E-state index is -0.110. The zero-order chi connectivity index (χ0) is 8.53. The summed E-state index contributed by atoms with van der Waals surface area (Å²) in [5, 5.41) is 0. The van der Waals surface area contributed by atoms with E-state index < -0.39 is 0 Å². The SMILES string of the molecule is CCOC(CCNN)OCC. The Morgan fingerprint density at radius 3 is 2.18 bits per heavy atom. The summed E-state index contributed by atoms with van der Waals surface area (Å²) in [5.41, 5.74) is 2.55. The molecule has 0 aromatic rings. The molecule has 0 spiro atoms. The van der Waals surface area contributed by atoms with Gasteiger partial charge >= 0.3 is 0 Å². The van der Waals surface area contributed by atoms with Gasteiger partial charge in [0.1, 0.15) is 0 Å². The number of hydrogen-bond acceptors (Lipinski definition) is 4. The van der Waals surface area contributed by atoms with E-state index in [2.05, 4.69) is 5.43 Å². The van der Waals surface area contributed by atoms with Gasteiger partial charge in [-0.25, -0.2) is 0 Å². The van der Waals surface area contributed by atoms with Crippen LogP contribution in [-0.2, 0) is 9.47 Å². The fourth-order valence-corrected chi connectivity index (χ4v) is 0.788. The van der Waals surface area contributed by atoms with Crippen molar-refractivity contribution >= 4 is 0 Å². The summed E-state index contributed by atoms with van der Waals surface area (Å²) >= 11 is 0. The Morgan fingerprint density at radius 1 is 1.27 bits per heavy atom. The van der Waals surface area contributed by atoms with Crippen molar-refractivity contribution in [1.82, 2.24) is 5.43 Å². The molecule has 0 fully saturated rings. The molecule has 0 aliphatic rings. The van der Waals surface area contributed by atoms with Gasteiger partial charge in [-0.1, -0.05) is 0 Å². The second-order valence-electron chi connectivity index (χ2n) is 2.08. The zero-order valence-corrected chi connectivity index (χ0v) is 7.30. The Bertz CT molecular complexity index is 74.8. The number of ether oxygens (including phenoxy) is 2. The summed E-state index contributed by atoms with van der Waals surface area (Å²) in [4.78, 5) is 0. The Labute approximate surface area is 68.0 Å². The molecule has 68 valence electrons. The number of nitrogens with two attached hydrogens (primary N) is 1. The molecule has 0 saturated carbocycles. The van der Waals surface area contributed by atoms with Gasteiger partial charge in [-0.2, -0.15) is 0 Å². The normalized spacial score (nSPS) is 10.9. The van der Waals surface area contributed by atoms with E-state index in [4.69, 9.17) is 15.3 Å². The predicted molar refractivity (Wildman–Crippen MR) is 43.8 cm³/mol. The largest absolute Gasteiger partial charge is 0.353 e.